The van der Waals surface area contributed by atoms with Crippen LogP contribution in [-0.2, 0) is 23.1 Å². The van der Waals surface area contributed by atoms with E-state index < -0.39 is 21.7 Å². The Morgan fingerprint density at radius 3 is 2.17 bits per heavy atom. The summed E-state index contributed by atoms with van der Waals surface area (Å²) >= 11 is 0. The highest BCUT2D eigenvalue weighted by atomic mass is 32.2. The van der Waals surface area contributed by atoms with Crippen molar-refractivity contribution in [1.82, 2.24) is 9.62 Å². The SMILES string of the molecule is CN(C)S(=O)(=O)c1ccccc1CNCc1c(F)cccc1F. The largest absolute Gasteiger partial charge is 0.308 e. The first-order valence-corrected chi connectivity index (χ1v) is 8.42. The molecule has 23 heavy (non-hydrogen) atoms. The van der Waals surface area contributed by atoms with Crippen LogP contribution in [0.3, 0.4) is 0 Å². The van der Waals surface area contributed by atoms with Crippen molar-refractivity contribution in [1.29, 1.82) is 0 Å². The molecule has 0 spiro atoms. The van der Waals surface area contributed by atoms with Gasteiger partial charge >= 0.3 is 0 Å². The Balaban J connectivity index is 2.17. The van der Waals surface area contributed by atoms with E-state index in [-0.39, 0.29) is 23.5 Å². The summed E-state index contributed by atoms with van der Waals surface area (Å²) in [6.07, 6.45) is 0. The van der Waals surface area contributed by atoms with Crippen LogP contribution >= 0.6 is 0 Å². The van der Waals surface area contributed by atoms with Crippen LogP contribution in [0.5, 0.6) is 0 Å². The van der Waals surface area contributed by atoms with Gasteiger partial charge in [-0.2, -0.15) is 0 Å². The lowest BCUT2D eigenvalue weighted by Gasteiger charge is -2.15. The number of benzene rings is 2. The number of sulfonamides is 1. The molecule has 0 amide bonds. The van der Waals surface area contributed by atoms with Gasteiger partial charge in [0.15, 0.2) is 0 Å². The Hall–Kier alpha value is -1.83. The number of rotatable bonds is 6. The molecule has 2 aromatic carbocycles. The van der Waals surface area contributed by atoms with E-state index in [4.69, 9.17) is 0 Å². The first-order chi connectivity index (χ1) is 10.8. The molecule has 4 nitrogen and oxygen atoms in total. The van der Waals surface area contributed by atoms with Crippen LogP contribution in [0.25, 0.3) is 0 Å². The van der Waals surface area contributed by atoms with Gasteiger partial charge in [0, 0.05) is 32.7 Å². The Kier molecular flexibility index (Phi) is 5.46. The molecule has 2 aromatic rings. The summed E-state index contributed by atoms with van der Waals surface area (Å²) in [5, 5.41) is 2.89. The zero-order chi connectivity index (χ0) is 17.0. The molecule has 0 heterocycles. The zero-order valence-electron chi connectivity index (χ0n) is 12.9. The van der Waals surface area contributed by atoms with Gasteiger partial charge in [0.2, 0.25) is 10.0 Å². The maximum absolute atomic E-state index is 13.6. The van der Waals surface area contributed by atoms with Crippen molar-refractivity contribution in [2.45, 2.75) is 18.0 Å². The minimum absolute atomic E-state index is 0.0329. The molecule has 0 fully saturated rings. The molecule has 124 valence electrons. The van der Waals surface area contributed by atoms with E-state index in [1.165, 1.54) is 38.4 Å². The van der Waals surface area contributed by atoms with E-state index in [2.05, 4.69) is 5.32 Å². The predicted octanol–water partition coefficient (Wildman–Crippen LogP) is 2.50. The van der Waals surface area contributed by atoms with Crippen molar-refractivity contribution in [3.63, 3.8) is 0 Å². The van der Waals surface area contributed by atoms with Crippen LogP contribution in [0.1, 0.15) is 11.1 Å². The van der Waals surface area contributed by atoms with Gasteiger partial charge in [0.25, 0.3) is 0 Å². The molecule has 0 aliphatic carbocycles. The standard InChI is InChI=1S/C16H18F2N2O2S/c1-20(2)23(21,22)16-9-4-3-6-12(16)10-19-11-13-14(17)7-5-8-15(13)18/h3-9,19H,10-11H2,1-2H3. The van der Waals surface area contributed by atoms with Crippen LogP contribution < -0.4 is 5.32 Å². The normalized spacial score (nSPS) is 11.9. The monoisotopic (exact) mass is 340 g/mol. The topological polar surface area (TPSA) is 49.4 Å². The first-order valence-electron chi connectivity index (χ1n) is 6.98. The number of nitrogens with zero attached hydrogens (tertiary/aromatic N) is 1. The van der Waals surface area contributed by atoms with E-state index in [1.54, 1.807) is 18.2 Å². The van der Waals surface area contributed by atoms with Gasteiger partial charge in [0.05, 0.1) is 4.90 Å². The van der Waals surface area contributed by atoms with E-state index in [0.29, 0.717) is 5.56 Å². The van der Waals surface area contributed by atoms with Crippen molar-refractivity contribution in [3.8, 4) is 0 Å². The summed E-state index contributed by atoms with van der Waals surface area (Å²) < 4.78 is 52.8. The van der Waals surface area contributed by atoms with Crippen molar-refractivity contribution < 1.29 is 17.2 Å². The molecule has 0 saturated heterocycles. The molecule has 1 N–H and O–H groups in total. The molecule has 2 rings (SSSR count). The third kappa shape index (κ3) is 3.93. The molecule has 7 heteroatoms. The number of hydrogen-bond donors (Lipinski definition) is 1. The van der Waals surface area contributed by atoms with Crippen molar-refractivity contribution >= 4 is 10.0 Å². The highest BCUT2D eigenvalue weighted by Gasteiger charge is 2.20. The number of nitrogens with one attached hydrogen (secondary N) is 1. The van der Waals surface area contributed by atoms with Crippen LogP contribution in [-0.4, -0.2) is 26.8 Å². The molecular weight excluding hydrogens is 322 g/mol. The third-order valence-electron chi connectivity index (χ3n) is 3.41. The summed E-state index contributed by atoms with van der Waals surface area (Å²) in [7, 11) is -0.668. The van der Waals surface area contributed by atoms with Gasteiger partial charge < -0.3 is 5.32 Å². The number of halogens is 2. The van der Waals surface area contributed by atoms with Gasteiger partial charge in [-0.3, -0.25) is 0 Å². The zero-order valence-corrected chi connectivity index (χ0v) is 13.7. The highest BCUT2D eigenvalue weighted by Crippen LogP contribution is 2.19. The molecule has 0 saturated carbocycles. The summed E-state index contributed by atoms with van der Waals surface area (Å²) in [6, 6.07) is 10.2. The maximum Gasteiger partial charge on any atom is 0.242 e. The average molecular weight is 340 g/mol. The van der Waals surface area contributed by atoms with Gasteiger partial charge in [-0.25, -0.2) is 21.5 Å². The Morgan fingerprint density at radius 1 is 0.957 bits per heavy atom. The Morgan fingerprint density at radius 2 is 1.57 bits per heavy atom. The summed E-state index contributed by atoms with van der Waals surface area (Å²) in [6.45, 7) is 0.145. The summed E-state index contributed by atoms with van der Waals surface area (Å²) in [5.74, 6) is -1.27. The lowest BCUT2D eigenvalue weighted by Crippen LogP contribution is -2.25. The fraction of sp³-hybridized carbons (Fsp3) is 0.250. The Bertz CT molecular complexity index is 772. The fourth-order valence-electron chi connectivity index (χ4n) is 2.12. The second-order valence-electron chi connectivity index (χ2n) is 5.20. The average Bonchev–Trinajstić information content (AvgIpc) is 2.50. The second kappa shape index (κ2) is 7.16. The van der Waals surface area contributed by atoms with Crippen LogP contribution in [0.15, 0.2) is 47.4 Å². The number of hydrogen-bond acceptors (Lipinski definition) is 3. The summed E-state index contributed by atoms with van der Waals surface area (Å²) in [5.41, 5.74) is 0.471. The predicted molar refractivity (Wildman–Crippen MR) is 84.2 cm³/mol. The molecule has 0 atom stereocenters. The smallest absolute Gasteiger partial charge is 0.242 e. The van der Waals surface area contributed by atoms with Gasteiger partial charge in [0.1, 0.15) is 11.6 Å². The maximum atomic E-state index is 13.6. The molecule has 0 aliphatic rings. The second-order valence-corrected chi connectivity index (χ2v) is 7.32. The van der Waals surface area contributed by atoms with Gasteiger partial charge in [-0.05, 0) is 23.8 Å². The molecular formula is C16H18F2N2O2S. The van der Waals surface area contributed by atoms with E-state index in [1.807, 2.05) is 0 Å². The van der Waals surface area contributed by atoms with Crippen LogP contribution in [0.2, 0.25) is 0 Å². The molecule has 0 aromatic heterocycles. The van der Waals surface area contributed by atoms with Crippen molar-refractivity contribution in [3.05, 3.63) is 65.2 Å². The van der Waals surface area contributed by atoms with Crippen molar-refractivity contribution in [2.24, 2.45) is 0 Å². The van der Waals surface area contributed by atoms with E-state index >= 15 is 0 Å². The van der Waals surface area contributed by atoms with Gasteiger partial charge in [-0.1, -0.05) is 24.3 Å². The fourth-order valence-corrected chi connectivity index (χ4v) is 3.24. The van der Waals surface area contributed by atoms with Crippen LogP contribution in [0, 0.1) is 11.6 Å². The quantitative estimate of drug-likeness (QED) is 0.879. The van der Waals surface area contributed by atoms with Crippen LogP contribution in [0.4, 0.5) is 8.78 Å². The minimum atomic E-state index is -3.57. The molecule has 0 aliphatic heterocycles. The highest BCUT2D eigenvalue weighted by molar-refractivity contribution is 7.89. The summed E-state index contributed by atoms with van der Waals surface area (Å²) in [4.78, 5) is 0.173. The first kappa shape index (κ1) is 17.5. The van der Waals surface area contributed by atoms with E-state index in [9.17, 15) is 17.2 Å². The molecule has 0 bridgehead atoms. The molecule has 0 radical (unpaired) electrons. The lowest BCUT2D eigenvalue weighted by molar-refractivity contribution is 0.516. The Labute approximate surface area is 134 Å². The lowest BCUT2D eigenvalue weighted by atomic mass is 10.2. The minimum Gasteiger partial charge on any atom is -0.308 e. The third-order valence-corrected chi connectivity index (χ3v) is 5.33. The molecule has 0 unspecified atom stereocenters. The van der Waals surface area contributed by atoms with Gasteiger partial charge in [-0.15, -0.1) is 0 Å². The van der Waals surface area contributed by atoms with Crippen molar-refractivity contribution in [2.75, 3.05) is 14.1 Å². The van der Waals surface area contributed by atoms with E-state index in [0.717, 1.165) is 4.31 Å².